The van der Waals surface area contributed by atoms with Gasteiger partial charge in [-0.2, -0.15) is 0 Å². The molecule has 166 valence electrons. The van der Waals surface area contributed by atoms with Crippen molar-refractivity contribution in [3.05, 3.63) is 42.0 Å². The Bertz CT molecular complexity index is 904. The highest BCUT2D eigenvalue weighted by molar-refractivity contribution is 7.20. The summed E-state index contributed by atoms with van der Waals surface area (Å²) < 4.78 is 10.3. The number of esters is 2. The van der Waals surface area contributed by atoms with Crippen molar-refractivity contribution in [1.82, 2.24) is 4.90 Å². The first kappa shape index (κ1) is 23.0. The predicted octanol–water partition coefficient (Wildman–Crippen LogP) is 3.81. The first-order chi connectivity index (χ1) is 15.0. The number of nitrogens with zero attached hydrogens (tertiary/aromatic N) is 1. The Morgan fingerprint density at radius 1 is 1.06 bits per heavy atom. The standard InChI is InChI=1S/C23H28N2O5S/c1-3-29-22(27)17-10-12-25(13-11-17)15-20(26)24-21-18(23(28)30-4-2)14-19(31-21)16-8-6-5-7-9-16/h5-9,14,17H,3-4,10-13,15H2,1-2H3,(H,24,26). The minimum absolute atomic E-state index is 0.0968. The van der Waals surface area contributed by atoms with Crippen molar-refractivity contribution >= 4 is 34.2 Å². The van der Waals surface area contributed by atoms with E-state index < -0.39 is 5.97 Å². The highest BCUT2D eigenvalue weighted by atomic mass is 32.1. The number of hydrogen-bond acceptors (Lipinski definition) is 7. The van der Waals surface area contributed by atoms with Crippen molar-refractivity contribution in [2.24, 2.45) is 5.92 Å². The lowest BCUT2D eigenvalue weighted by molar-refractivity contribution is -0.149. The molecular formula is C23H28N2O5S. The van der Waals surface area contributed by atoms with Gasteiger partial charge in [-0.15, -0.1) is 11.3 Å². The van der Waals surface area contributed by atoms with Gasteiger partial charge in [-0.3, -0.25) is 14.5 Å². The lowest BCUT2D eigenvalue weighted by Gasteiger charge is -2.30. The Hall–Kier alpha value is -2.71. The van der Waals surface area contributed by atoms with Crippen LogP contribution in [0.5, 0.6) is 0 Å². The van der Waals surface area contributed by atoms with Crippen LogP contribution in [0, 0.1) is 5.92 Å². The first-order valence-electron chi connectivity index (χ1n) is 10.6. The van der Waals surface area contributed by atoms with Gasteiger partial charge in [0.1, 0.15) is 5.00 Å². The highest BCUT2D eigenvalue weighted by Gasteiger charge is 2.27. The molecule has 1 fully saturated rings. The van der Waals surface area contributed by atoms with Crippen LogP contribution in [0.15, 0.2) is 36.4 Å². The molecule has 0 saturated carbocycles. The van der Waals surface area contributed by atoms with Gasteiger partial charge in [0.2, 0.25) is 5.91 Å². The normalized spacial score (nSPS) is 14.8. The van der Waals surface area contributed by atoms with Crippen LogP contribution in [0.1, 0.15) is 37.0 Å². The van der Waals surface area contributed by atoms with Crippen LogP contribution in [0.2, 0.25) is 0 Å². The number of nitrogens with one attached hydrogen (secondary N) is 1. The van der Waals surface area contributed by atoms with E-state index in [0.717, 1.165) is 10.4 Å². The van der Waals surface area contributed by atoms with Crippen molar-refractivity contribution < 1.29 is 23.9 Å². The van der Waals surface area contributed by atoms with E-state index in [-0.39, 0.29) is 30.9 Å². The molecule has 1 aromatic carbocycles. The number of rotatable bonds is 8. The number of likely N-dealkylation sites (tertiary alicyclic amines) is 1. The van der Waals surface area contributed by atoms with E-state index in [0.29, 0.717) is 43.1 Å². The third-order valence-electron chi connectivity index (χ3n) is 5.11. The van der Waals surface area contributed by atoms with Crippen LogP contribution < -0.4 is 5.32 Å². The second kappa shape index (κ2) is 11.1. The zero-order chi connectivity index (χ0) is 22.2. The number of anilines is 1. The summed E-state index contributed by atoms with van der Waals surface area (Å²) in [5, 5.41) is 3.38. The average Bonchev–Trinajstić information content (AvgIpc) is 3.19. The van der Waals surface area contributed by atoms with Gasteiger partial charge < -0.3 is 14.8 Å². The van der Waals surface area contributed by atoms with Crippen LogP contribution in [-0.4, -0.2) is 55.6 Å². The molecule has 1 aromatic heterocycles. The predicted molar refractivity (Wildman–Crippen MR) is 120 cm³/mol. The number of benzene rings is 1. The zero-order valence-corrected chi connectivity index (χ0v) is 18.7. The molecule has 0 bridgehead atoms. The molecule has 0 radical (unpaired) electrons. The number of hydrogen-bond donors (Lipinski definition) is 1. The van der Waals surface area contributed by atoms with E-state index in [9.17, 15) is 14.4 Å². The number of thiophene rings is 1. The molecule has 0 spiro atoms. The molecule has 3 rings (SSSR count). The maximum atomic E-state index is 12.7. The van der Waals surface area contributed by atoms with Crippen molar-refractivity contribution in [2.45, 2.75) is 26.7 Å². The monoisotopic (exact) mass is 444 g/mol. The molecule has 1 saturated heterocycles. The Morgan fingerprint density at radius 3 is 2.39 bits per heavy atom. The van der Waals surface area contributed by atoms with Gasteiger partial charge in [0.25, 0.3) is 0 Å². The van der Waals surface area contributed by atoms with E-state index in [4.69, 9.17) is 9.47 Å². The van der Waals surface area contributed by atoms with Gasteiger partial charge in [0.15, 0.2) is 0 Å². The van der Waals surface area contributed by atoms with Crippen molar-refractivity contribution in [3.8, 4) is 10.4 Å². The van der Waals surface area contributed by atoms with Crippen molar-refractivity contribution in [2.75, 3.05) is 38.2 Å². The maximum Gasteiger partial charge on any atom is 0.341 e. The second-order valence-corrected chi connectivity index (χ2v) is 8.34. The quantitative estimate of drug-likeness (QED) is 0.624. The van der Waals surface area contributed by atoms with Crippen molar-refractivity contribution in [3.63, 3.8) is 0 Å². The Morgan fingerprint density at radius 2 is 1.74 bits per heavy atom. The maximum absolute atomic E-state index is 12.7. The van der Waals surface area contributed by atoms with Crippen LogP contribution in [-0.2, 0) is 19.1 Å². The molecule has 7 nitrogen and oxygen atoms in total. The third-order valence-corrected chi connectivity index (χ3v) is 6.21. The second-order valence-electron chi connectivity index (χ2n) is 7.29. The molecule has 1 aliphatic heterocycles. The molecule has 1 aliphatic rings. The van der Waals surface area contributed by atoms with Gasteiger partial charge in [-0.25, -0.2) is 4.79 Å². The minimum Gasteiger partial charge on any atom is -0.466 e. The molecule has 31 heavy (non-hydrogen) atoms. The van der Waals surface area contributed by atoms with Crippen LogP contribution in [0.4, 0.5) is 5.00 Å². The number of amides is 1. The fourth-order valence-corrected chi connectivity index (χ4v) is 4.61. The number of carbonyl (C=O) groups is 3. The summed E-state index contributed by atoms with van der Waals surface area (Å²) in [6.45, 7) is 5.71. The molecule has 1 N–H and O–H groups in total. The van der Waals surface area contributed by atoms with E-state index in [2.05, 4.69) is 5.32 Å². The van der Waals surface area contributed by atoms with E-state index in [1.165, 1.54) is 11.3 Å². The van der Waals surface area contributed by atoms with E-state index in [1.807, 2.05) is 35.2 Å². The highest BCUT2D eigenvalue weighted by Crippen LogP contribution is 2.36. The molecule has 8 heteroatoms. The molecule has 0 atom stereocenters. The fourth-order valence-electron chi connectivity index (χ4n) is 3.55. The summed E-state index contributed by atoms with van der Waals surface area (Å²) in [6.07, 6.45) is 1.36. The molecular weight excluding hydrogens is 416 g/mol. The van der Waals surface area contributed by atoms with E-state index in [1.54, 1.807) is 19.9 Å². The summed E-state index contributed by atoms with van der Waals surface area (Å²) in [5.74, 6) is -0.897. The summed E-state index contributed by atoms with van der Waals surface area (Å²) in [6, 6.07) is 11.5. The van der Waals surface area contributed by atoms with Gasteiger partial charge in [-0.1, -0.05) is 30.3 Å². The fraction of sp³-hybridized carbons (Fsp3) is 0.435. The lowest BCUT2D eigenvalue weighted by atomic mass is 9.97. The molecule has 1 amide bonds. The van der Waals surface area contributed by atoms with Crippen LogP contribution in [0.3, 0.4) is 0 Å². The molecule has 2 heterocycles. The summed E-state index contributed by atoms with van der Waals surface area (Å²) in [5.41, 5.74) is 1.33. The Kier molecular flexibility index (Phi) is 8.20. The third kappa shape index (κ3) is 6.15. The smallest absolute Gasteiger partial charge is 0.341 e. The minimum atomic E-state index is -0.452. The van der Waals surface area contributed by atoms with Crippen molar-refractivity contribution in [1.29, 1.82) is 0 Å². The van der Waals surface area contributed by atoms with Crippen LogP contribution in [0.25, 0.3) is 10.4 Å². The average molecular weight is 445 g/mol. The largest absolute Gasteiger partial charge is 0.466 e. The zero-order valence-electron chi connectivity index (χ0n) is 17.9. The molecule has 2 aromatic rings. The number of piperidine rings is 1. The van der Waals surface area contributed by atoms with E-state index >= 15 is 0 Å². The summed E-state index contributed by atoms with van der Waals surface area (Å²) in [7, 11) is 0. The molecule has 0 unspecified atom stereocenters. The Labute approximate surface area is 186 Å². The van der Waals surface area contributed by atoms with Gasteiger partial charge in [0, 0.05) is 4.88 Å². The first-order valence-corrected chi connectivity index (χ1v) is 11.4. The summed E-state index contributed by atoms with van der Waals surface area (Å²) in [4.78, 5) is 39.9. The van der Waals surface area contributed by atoms with Crippen LogP contribution >= 0.6 is 11.3 Å². The van der Waals surface area contributed by atoms with Gasteiger partial charge in [-0.05, 0) is 51.4 Å². The SMILES string of the molecule is CCOC(=O)c1cc(-c2ccccc2)sc1NC(=O)CN1CCC(C(=O)OCC)CC1. The summed E-state index contributed by atoms with van der Waals surface area (Å²) >= 11 is 1.35. The van der Waals surface area contributed by atoms with Gasteiger partial charge >= 0.3 is 11.9 Å². The lowest BCUT2D eigenvalue weighted by Crippen LogP contribution is -2.41. The Balaban J connectivity index is 1.64. The topological polar surface area (TPSA) is 84.9 Å². The van der Waals surface area contributed by atoms with Gasteiger partial charge in [0.05, 0.1) is 31.2 Å². The number of carbonyl (C=O) groups excluding carboxylic acids is 3. The molecule has 0 aliphatic carbocycles. The number of ether oxygens (including phenoxy) is 2.